The van der Waals surface area contributed by atoms with Gasteiger partial charge < -0.3 is 15.2 Å². The molecular weight excluding hydrogens is 510 g/mol. The van der Waals surface area contributed by atoms with E-state index in [1.54, 1.807) is 25.1 Å². The van der Waals surface area contributed by atoms with Crippen LogP contribution in [0.1, 0.15) is 31.7 Å². The minimum absolute atomic E-state index is 0.0427. The van der Waals surface area contributed by atoms with Gasteiger partial charge >= 0.3 is 5.69 Å². The third-order valence-electron chi connectivity index (χ3n) is 4.58. The van der Waals surface area contributed by atoms with Crippen LogP contribution in [0.3, 0.4) is 0 Å². The molecule has 2 aromatic carbocycles. The number of rotatable bonds is 10. The number of carbonyl (C=O) groups is 1. The summed E-state index contributed by atoms with van der Waals surface area (Å²) in [5.74, 6) is -0.509. The van der Waals surface area contributed by atoms with Gasteiger partial charge in [0.1, 0.15) is 5.82 Å². The van der Waals surface area contributed by atoms with Gasteiger partial charge in [-0.25, -0.2) is 4.98 Å². The van der Waals surface area contributed by atoms with Crippen LogP contribution >= 0.6 is 15.9 Å². The molecule has 178 valence electrons. The lowest BCUT2D eigenvalue weighted by atomic mass is 10.2. The van der Waals surface area contributed by atoms with E-state index in [4.69, 9.17) is 15.2 Å². The summed E-state index contributed by atoms with van der Waals surface area (Å²) in [5.41, 5.74) is 5.13. The highest BCUT2D eigenvalue weighted by molar-refractivity contribution is 9.10. The highest BCUT2D eigenvalue weighted by Crippen LogP contribution is 2.38. The highest BCUT2D eigenvalue weighted by Gasteiger charge is 2.23. The Labute approximate surface area is 202 Å². The summed E-state index contributed by atoms with van der Waals surface area (Å²) in [5, 5.41) is 16.3. The van der Waals surface area contributed by atoms with Crippen LogP contribution in [0.4, 0.5) is 5.69 Å². The molecule has 0 atom stereocenters. The van der Waals surface area contributed by atoms with Crippen LogP contribution < -0.4 is 20.8 Å². The number of amides is 1. The third-order valence-corrected chi connectivity index (χ3v) is 5.08. The predicted octanol–water partition coefficient (Wildman–Crippen LogP) is 3.16. The summed E-state index contributed by atoms with van der Waals surface area (Å²) >= 11 is 3.36. The van der Waals surface area contributed by atoms with E-state index < -0.39 is 23.1 Å². The predicted molar refractivity (Wildman–Crippen MR) is 130 cm³/mol. The molecule has 0 aliphatic carbocycles. The van der Waals surface area contributed by atoms with E-state index in [1.165, 1.54) is 23.0 Å². The van der Waals surface area contributed by atoms with Gasteiger partial charge in [0, 0.05) is 22.5 Å². The number of nitrogens with zero attached hydrogens (tertiary/aromatic N) is 4. The number of nitro groups is 1. The van der Waals surface area contributed by atoms with Crippen molar-refractivity contribution in [1.82, 2.24) is 9.66 Å². The number of carbonyl (C=O) groups excluding carboxylic acids is 1. The van der Waals surface area contributed by atoms with Crippen LogP contribution in [-0.4, -0.2) is 39.9 Å². The van der Waals surface area contributed by atoms with Crippen molar-refractivity contribution in [2.45, 2.75) is 26.7 Å². The van der Waals surface area contributed by atoms with E-state index in [1.807, 2.05) is 6.92 Å². The molecule has 0 fully saturated rings. The zero-order valence-electron chi connectivity index (χ0n) is 18.5. The maximum absolute atomic E-state index is 13.1. The minimum atomic E-state index is -0.791. The molecule has 34 heavy (non-hydrogen) atoms. The number of halogens is 1. The quantitative estimate of drug-likeness (QED) is 0.239. The normalized spacial score (nSPS) is 11.1. The molecule has 12 heteroatoms. The molecular formula is C22H22BrN5O6. The summed E-state index contributed by atoms with van der Waals surface area (Å²) in [6.45, 7) is 3.28. The van der Waals surface area contributed by atoms with E-state index in [0.29, 0.717) is 23.1 Å². The van der Waals surface area contributed by atoms with Gasteiger partial charge in [-0.1, -0.05) is 22.9 Å². The number of fused-ring (bicyclic) bond motifs is 1. The summed E-state index contributed by atoms with van der Waals surface area (Å²) in [4.78, 5) is 39.8. The van der Waals surface area contributed by atoms with Crippen molar-refractivity contribution in [3.8, 4) is 11.5 Å². The highest BCUT2D eigenvalue weighted by atomic mass is 79.9. The van der Waals surface area contributed by atoms with Crippen LogP contribution in [0, 0.1) is 10.1 Å². The van der Waals surface area contributed by atoms with Crippen molar-refractivity contribution in [3.63, 3.8) is 0 Å². The smallest absolute Gasteiger partial charge is 0.315 e. The molecule has 0 bridgehead atoms. The second kappa shape index (κ2) is 10.9. The first-order valence-corrected chi connectivity index (χ1v) is 11.2. The molecule has 1 aromatic heterocycles. The number of benzene rings is 2. The van der Waals surface area contributed by atoms with Crippen molar-refractivity contribution in [1.29, 1.82) is 0 Å². The van der Waals surface area contributed by atoms with Gasteiger partial charge in [0.05, 0.1) is 28.6 Å². The van der Waals surface area contributed by atoms with Crippen molar-refractivity contribution in [3.05, 3.63) is 66.7 Å². The Kier molecular flexibility index (Phi) is 7.95. The van der Waals surface area contributed by atoms with Gasteiger partial charge in [0.25, 0.3) is 11.5 Å². The fourth-order valence-electron chi connectivity index (χ4n) is 3.19. The Morgan fingerprint density at radius 3 is 2.71 bits per heavy atom. The lowest BCUT2D eigenvalue weighted by Crippen LogP contribution is -2.22. The number of aromatic nitrogens is 2. The van der Waals surface area contributed by atoms with Gasteiger partial charge in [-0.3, -0.25) is 19.7 Å². The Morgan fingerprint density at radius 1 is 1.29 bits per heavy atom. The maximum atomic E-state index is 13.1. The Hall–Kier alpha value is -3.80. The monoisotopic (exact) mass is 531 g/mol. The summed E-state index contributed by atoms with van der Waals surface area (Å²) in [6, 6.07) is 7.88. The first kappa shape index (κ1) is 24.8. The number of hydrogen-bond donors (Lipinski definition) is 1. The Morgan fingerprint density at radius 2 is 2.06 bits per heavy atom. The topological polar surface area (TPSA) is 152 Å². The van der Waals surface area contributed by atoms with Crippen LogP contribution in [-0.2, 0) is 11.2 Å². The molecule has 0 radical (unpaired) electrons. The second-order valence-corrected chi connectivity index (χ2v) is 8.03. The number of aryl methyl sites for hydroxylation is 1. The number of hydrogen-bond acceptors (Lipinski definition) is 8. The van der Waals surface area contributed by atoms with E-state index in [0.717, 1.165) is 10.9 Å². The molecule has 0 aliphatic heterocycles. The van der Waals surface area contributed by atoms with Crippen molar-refractivity contribution >= 4 is 44.6 Å². The lowest BCUT2D eigenvalue weighted by Gasteiger charge is -2.12. The molecule has 2 N–H and O–H groups in total. The minimum Gasteiger partial charge on any atom is -0.490 e. The molecule has 1 amide bonds. The molecule has 0 unspecified atom stereocenters. The van der Waals surface area contributed by atoms with E-state index in [9.17, 15) is 19.7 Å². The van der Waals surface area contributed by atoms with Crippen molar-refractivity contribution < 1.29 is 19.2 Å². The van der Waals surface area contributed by atoms with Crippen LogP contribution in [0.2, 0.25) is 0 Å². The van der Waals surface area contributed by atoms with Gasteiger partial charge in [-0.2, -0.15) is 9.78 Å². The first-order valence-electron chi connectivity index (χ1n) is 10.4. The molecule has 0 saturated heterocycles. The molecule has 3 rings (SSSR count). The fourth-order valence-corrected chi connectivity index (χ4v) is 3.55. The third kappa shape index (κ3) is 5.57. The summed E-state index contributed by atoms with van der Waals surface area (Å²) in [7, 11) is 0. The zero-order chi connectivity index (χ0) is 24.8. The number of ether oxygens (including phenoxy) is 2. The SMILES string of the molecule is CCCc1nc2ccc(Br)cc2c(=O)n1N=Cc1cc(OCC)c(OCC(N)=O)c([N+](=O)[O-])c1. The van der Waals surface area contributed by atoms with E-state index in [2.05, 4.69) is 26.0 Å². The number of nitro benzene ring substituents is 1. The van der Waals surface area contributed by atoms with Crippen LogP contribution in [0.5, 0.6) is 11.5 Å². The van der Waals surface area contributed by atoms with Crippen molar-refractivity contribution in [2.75, 3.05) is 13.2 Å². The first-order chi connectivity index (χ1) is 16.2. The lowest BCUT2D eigenvalue weighted by molar-refractivity contribution is -0.385. The molecule has 0 aliphatic rings. The standard InChI is InChI=1S/C22H22BrN5O6/c1-3-5-20-26-16-7-6-14(23)10-15(16)22(30)27(20)25-11-13-8-17(28(31)32)21(34-12-19(24)29)18(9-13)33-4-2/h6-11H,3-5,12H2,1-2H3,(H2,24,29). The van der Waals surface area contributed by atoms with Gasteiger partial charge in [-0.05, 0) is 37.6 Å². The molecule has 0 saturated carbocycles. The van der Waals surface area contributed by atoms with Gasteiger partial charge in [-0.15, -0.1) is 0 Å². The summed E-state index contributed by atoms with van der Waals surface area (Å²) in [6.07, 6.45) is 2.54. The van der Waals surface area contributed by atoms with Crippen LogP contribution in [0.15, 0.2) is 44.7 Å². The van der Waals surface area contributed by atoms with Gasteiger partial charge in [0.15, 0.2) is 12.4 Å². The molecule has 3 aromatic rings. The van der Waals surface area contributed by atoms with E-state index in [-0.39, 0.29) is 29.2 Å². The number of primary amides is 1. The maximum Gasteiger partial charge on any atom is 0.315 e. The van der Waals surface area contributed by atoms with Crippen molar-refractivity contribution in [2.24, 2.45) is 10.8 Å². The fraction of sp³-hybridized carbons (Fsp3) is 0.273. The largest absolute Gasteiger partial charge is 0.490 e. The molecule has 11 nitrogen and oxygen atoms in total. The number of nitrogens with two attached hydrogens (primary N) is 1. The molecule has 0 spiro atoms. The summed E-state index contributed by atoms with van der Waals surface area (Å²) < 4.78 is 12.6. The van der Waals surface area contributed by atoms with E-state index >= 15 is 0 Å². The van der Waals surface area contributed by atoms with Crippen LogP contribution in [0.25, 0.3) is 10.9 Å². The average Bonchev–Trinajstić information content (AvgIpc) is 2.78. The Balaban J connectivity index is 2.13. The Bertz CT molecular complexity index is 1340. The zero-order valence-corrected chi connectivity index (χ0v) is 20.1. The molecule has 1 heterocycles. The average molecular weight is 532 g/mol. The second-order valence-electron chi connectivity index (χ2n) is 7.11. The van der Waals surface area contributed by atoms with Gasteiger partial charge in [0.2, 0.25) is 5.75 Å².